The molecular weight excluding hydrogens is 232 g/mol. The minimum atomic E-state index is -0.995. The van der Waals surface area contributed by atoms with Gasteiger partial charge in [0.05, 0.1) is 0 Å². The van der Waals surface area contributed by atoms with Crippen LogP contribution in [0, 0.1) is 5.92 Å². The van der Waals surface area contributed by atoms with Gasteiger partial charge in [-0.3, -0.25) is 0 Å². The Morgan fingerprint density at radius 3 is 2.28 bits per heavy atom. The van der Waals surface area contributed by atoms with Crippen LogP contribution in [-0.4, -0.2) is 29.7 Å². The van der Waals surface area contributed by atoms with Gasteiger partial charge in [-0.25, -0.2) is 9.59 Å². The van der Waals surface area contributed by atoms with Gasteiger partial charge < -0.3 is 15.7 Å². The van der Waals surface area contributed by atoms with E-state index in [-0.39, 0.29) is 6.03 Å². The first-order valence-corrected chi connectivity index (χ1v) is 6.82. The molecule has 2 amide bonds. The van der Waals surface area contributed by atoms with E-state index < -0.39 is 12.0 Å². The molecule has 0 aromatic carbocycles. The molecule has 0 aliphatic rings. The fraction of sp³-hybridized carbons (Fsp3) is 0.846. The maximum atomic E-state index is 11.5. The van der Waals surface area contributed by atoms with Gasteiger partial charge in [0.15, 0.2) is 0 Å². The second kappa shape index (κ2) is 9.74. The molecule has 0 saturated heterocycles. The molecule has 5 nitrogen and oxygen atoms in total. The van der Waals surface area contributed by atoms with Crippen molar-refractivity contribution < 1.29 is 14.7 Å². The van der Waals surface area contributed by atoms with Crippen LogP contribution in [0.25, 0.3) is 0 Å². The Labute approximate surface area is 109 Å². The average Bonchev–Trinajstić information content (AvgIpc) is 2.35. The lowest BCUT2D eigenvalue weighted by molar-refractivity contribution is -0.139. The molecule has 0 heterocycles. The Hall–Kier alpha value is -1.26. The summed E-state index contributed by atoms with van der Waals surface area (Å²) in [5.74, 6) is -0.522. The minimum Gasteiger partial charge on any atom is -0.480 e. The molecule has 3 N–H and O–H groups in total. The number of aliphatic carboxylic acids is 1. The first-order chi connectivity index (χ1) is 8.54. The average molecular weight is 258 g/mol. The van der Waals surface area contributed by atoms with Crippen LogP contribution in [0.1, 0.15) is 52.9 Å². The number of carboxylic acid groups (broad SMARTS) is 1. The Kier molecular flexibility index (Phi) is 9.06. The molecule has 0 fully saturated rings. The molecule has 0 rings (SSSR count). The van der Waals surface area contributed by atoms with E-state index in [4.69, 9.17) is 5.11 Å². The standard InChI is InChI=1S/C13H26N2O3/c1-4-7-8-10(5-2)9-14-13(18)15-11(6-3)12(16)17/h10-11H,4-9H2,1-3H3,(H,16,17)(H2,14,15,18). The van der Waals surface area contributed by atoms with Crippen molar-refractivity contribution >= 4 is 12.0 Å². The summed E-state index contributed by atoms with van der Waals surface area (Å²) in [6.45, 7) is 6.59. The van der Waals surface area contributed by atoms with Gasteiger partial charge in [0.1, 0.15) is 6.04 Å². The maximum Gasteiger partial charge on any atom is 0.326 e. The van der Waals surface area contributed by atoms with Crippen LogP contribution >= 0.6 is 0 Å². The summed E-state index contributed by atoms with van der Waals surface area (Å²) in [5.41, 5.74) is 0. The summed E-state index contributed by atoms with van der Waals surface area (Å²) in [6, 6.07) is -1.19. The van der Waals surface area contributed by atoms with E-state index in [2.05, 4.69) is 24.5 Å². The van der Waals surface area contributed by atoms with Gasteiger partial charge in [-0.1, -0.05) is 40.0 Å². The highest BCUT2D eigenvalue weighted by molar-refractivity contribution is 5.82. The quantitative estimate of drug-likeness (QED) is 0.594. The fourth-order valence-electron chi connectivity index (χ4n) is 1.73. The number of urea groups is 1. The van der Waals surface area contributed by atoms with Crippen molar-refractivity contribution in [3.05, 3.63) is 0 Å². The molecule has 0 spiro atoms. The first kappa shape index (κ1) is 16.7. The van der Waals surface area contributed by atoms with E-state index in [9.17, 15) is 9.59 Å². The highest BCUT2D eigenvalue weighted by atomic mass is 16.4. The van der Waals surface area contributed by atoms with Gasteiger partial charge in [-0.15, -0.1) is 0 Å². The Morgan fingerprint density at radius 2 is 1.83 bits per heavy atom. The summed E-state index contributed by atoms with van der Waals surface area (Å²) in [7, 11) is 0. The van der Waals surface area contributed by atoms with Gasteiger partial charge in [0.2, 0.25) is 0 Å². The molecule has 2 atom stereocenters. The van der Waals surface area contributed by atoms with Gasteiger partial charge >= 0.3 is 12.0 Å². The number of carboxylic acids is 1. The molecule has 0 saturated carbocycles. The van der Waals surface area contributed by atoms with E-state index in [1.54, 1.807) is 6.92 Å². The number of rotatable bonds is 9. The maximum absolute atomic E-state index is 11.5. The van der Waals surface area contributed by atoms with Crippen molar-refractivity contribution in [2.24, 2.45) is 5.92 Å². The zero-order valence-corrected chi connectivity index (χ0v) is 11.7. The number of hydrogen-bond acceptors (Lipinski definition) is 2. The molecule has 0 aromatic rings. The highest BCUT2D eigenvalue weighted by Crippen LogP contribution is 2.10. The van der Waals surface area contributed by atoms with Gasteiger partial charge in [-0.05, 0) is 18.8 Å². The van der Waals surface area contributed by atoms with E-state index in [1.807, 2.05) is 0 Å². The monoisotopic (exact) mass is 258 g/mol. The minimum absolute atomic E-state index is 0.385. The number of carbonyl (C=O) groups excluding carboxylic acids is 1. The summed E-state index contributed by atoms with van der Waals surface area (Å²) in [5, 5.41) is 14.0. The third kappa shape index (κ3) is 7.14. The van der Waals surface area contributed by atoms with Crippen LogP contribution < -0.4 is 10.6 Å². The van der Waals surface area contributed by atoms with Crippen molar-refractivity contribution in [2.45, 2.75) is 58.9 Å². The number of nitrogens with one attached hydrogen (secondary N) is 2. The largest absolute Gasteiger partial charge is 0.480 e. The molecule has 106 valence electrons. The zero-order valence-electron chi connectivity index (χ0n) is 11.7. The topological polar surface area (TPSA) is 78.4 Å². The van der Waals surface area contributed by atoms with E-state index in [1.165, 1.54) is 0 Å². The van der Waals surface area contributed by atoms with Crippen LogP contribution in [0.3, 0.4) is 0 Å². The summed E-state index contributed by atoms with van der Waals surface area (Å²) < 4.78 is 0. The molecule has 0 aromatic heterocycles. The first-order valence-electron chi connectivity index (χ1n) is 6.82. The molecule has 0 aliphatic heterocycles. The third-order valence-corrected chi connectivity index (χ3v) is 3.11. The number of unbranched alkanes of at least 4 members (excludes halogenated alkanes) is 1. The van der Waals surface area contributed by atoms with Gasteiger partial charge in [0.25, 0.3) is 0 Å². The van der Waals surface area contributed by atoms with E-state index >= 15 is 0 Å². The molecule has 18 heavy (non-hydrogen) atoms. The Balaban J connectivity index is 3.96. The third-order valence-electron chi connectivity index (χ3n) is 3.11. The lowest BCUT2D eigenvalue weighted by Crippen LogP contribution is -2.46. The molecular formula is C13H26N2O3. The normalized spacial score (nSPS) is 13.7. The van der Waals surface area contributed by atoms with Crippen molar-refractivity contribution in [2.75, 3.05) is 6.54 Å². The number of hydrogen-bond donors (Lipinski definition) is 3. The second-order valence-electron chi connectivity index (χ2n) is 4.57. The van der Waals surface area contributed by atoms with Gasteiger partial charge in [0, 0.05) is 6.54 Å². The van der Waals surface area contributed by atoms with E-state index in [0.717, 1.165) is 25.7 Å². The van der Waals surface area contributed by atoms with Crippen LogP contribution in [0.15, 0.2) is 0 Å². The molecule has 5 heteroatoms. The predicted molar refractivity (Wildman–Crippen MR) is 71.6 cm³/mol. The fourth-order valence-corrected chi connectivity index (χ4v) is 1.73. The lowest BCUT2D eigenvalue weighted by Gasteiger charge is -2.17. The lowest BCUT2D eigenvalue weighted by atomic mass is 9.99. The number of amides is 2. The smallest absolute Gasteiger partial charge is 0.326 e. The van der Waals surface area contributed by atoms with Crippen LogP contribution in [0.5, 0.6) is 0 Å². The zero-order chi connectivity index (χ0) is 14.0. The van der Waals surface area contributed by atoms with Crippen LogP contribution in [0.4, 0.5) is 4.79 Å². The molecule has 2 unspecified atom stereocenters. The molecule has 0 aliphatic carbocycles. The SMILES string of the molecule is CCCCC(CC)CNC(=O)NC(CC)C(=O)O. The van der Waals surface area contributed by atoms with Crippen molar-refractivity contribution in [3.63, 3.8) is 0 Å². The predicted octanol–water partition coefficient (Wildman–Crippen LogP) is 2.37. The van der Waals surface area contributed by atoms with E-state index in [0.29, 0.717) is 18.9 Å². The second-order valence-corrected chi connectivity index (χ2v) is 4.57. The number of carbonyl (C=O) groups is 2. The highest BCUT2D eigenvalue weighted by Gasteiger charge is 2.17. The molecule has 0 radical (unpaired) electrons. The molecule has 0 bridgehead atoms. The Morgan fingerprint density at radius 1 is 1.17 bits per heavy atom. The van der Waals surface area contributed by atoms with Crippen molar-refractivity contribution in [1.82, 2.24) is 10.6 Å². The summed E-state index contributed by atoms with van der Waals surface area (Å²) >= 11 is 0. The van der Waals surface area contributed by atoms with Gasteiger partial charge in [-0.2, -0.15) is 0 Å². The summed E-state index contributed by atoms with van der Waals surface area (Å²) in [6.07, 6.45) is 4.82. The van der Waals surface area contributed by atoms with Crippen LogP contribution in [0.2, 0.25) is 0 Å². The Bertz CT molecular complexity index is 257. The van der Waals surface area contributed by atoms with Crippen molar-refractivity contribution in [3.8, 4) is 0 Å². The summed E-state index contributed by atoms with van der Waals surface area (Å²) in [4.78, 5) is 22.3. The van der Waals surface area contributed by atoms with Crippen molar-refractivity contribution in [1.29, 1.82) is 0 Å². The van der Waals surface area contributed by atoms with Crippen LogP contribution in [-0.2, 0) is 4.79 Å².